The minimum atomic E-state index is -0.588. The van der Waals surface area contributed by atoms with Gasteiger partial charge >= 0.3 is 5.69 Å². The number of carbonyl (C=O) groups is 1. The summed E-state index contributed by atoms with van der Waals surface area (Å²) in [5.74, 6) is 0.330. The molecule has 0 aliphatic carbocycles. The van der Waals surface area contributed by atoms with Crippen molar-refractivity contribution in [1.29, 1.82) is 0 Å². The van der Waals surface area contributed by atoms with Crippen molar-refractivity contribution in [2.75, 3.05) is 34.5 Å². The van der Waals surface area contributed by atoms with E-state index in [0.717, 1.165) is 10.1 Å². The van der Waals surface area contributed by atoms with Gasteiger partial charge in [0.25, 0.3) is 5.56 Å². The van der Waals surface area contributed by atoms with Gasteiger partial charge in [-0.1, -0.05) is 30.3 Å². The molecule has 0 unspecified atom stereocenters. The lowest BCUT2D eigenvalue weighted by Crippen LogP contribution is -2.43. The van der Waals surface area contributed by atoms with Crippen LogP contribution in [0.1, 0.15) is 5.56 Å². The van der Waals surface area contributed by atoms with Gasteiger partial charge in [0.05, 0.1) is 38.3 Å². The van der Waals surface area contributed by atoms with Gasteiger partial charge in [-0.15, -0.1) is 0 Å². The Morgan fingerprint density at radius 1 is 0.968 bits per heavy atom. The first-order valence-corrected chi connectivity index (χ1v) is 9.69. The Morgan fingerprint density at radius 2 is 1.65 bits per heavy atom. The van der Waals surface area contributed by atoms with Gasteiger partial charge in [-0.2, -0.15) is 0 Å². The van der Waals surface area contributed by atoms with Crippen LogP contribution in [0.4, 0.5) is 0 Å². The Labute approximate surface area is 178 Å². The summed E-state index contributed by atoms with van der Waals surface area (Å²) < 4.78 is 18.0. The highest BCUT2D eigenvalue weighted by Gasteiger charge is 2.19. The Hall–Kier alpha value is -3.59. The van der Waals surface area contributed by atoms with Gasteiger partial charge in [-0.25, -0.2) is 4.79 Å². The number of aromatic nitrogens is 2. The molecular weight excluding hydrogens is 402 g/mol. The van der Waals surface area contributed by atoms with Gasteiger partial charge in [-0.3, -0.25) is 18.7 Å². The first kappa shape index (κ1) is 22.1. The van der Waals surface area contributed by atoms with Crippen LogP contribution in [0.15, 0.2) is 52.1 Å². The molecule has 164 valence electrons. The number of methoxy groups -OCH3 is 3. The molecule has 1 N–H and O–H groups in total. The Balaban J connectivity index is 2.18. The van der Waals surface area contributed by atoms with E-state index in [4.69, 9.17) is 14.2 Å². The van der Waals surface area contributed by atoms with Gasteiger partial charge in [0, 0.05) is 19.7 Å². The van der Waals surface area contributed by atoms with E-state index in [-0.39, 0.29) is 24.4 Å². The van der Waals surface area contributed by atoms with Crippen LogP contribution in [0.2, 0.25) is 0 Å². The number of benzene rings is 2. The Morgan fingerprint density at radius 3 is 2.29 bits per heavy atom. The molecule has 3 rings (SSSR count). The van der Waals surface area contributed by atoms with Crippen molar-refractivity contribution < 1.29 is 19.0 Å². The SMILES string of the molecule is COCCNC(=O)Cn1c(=O)n(Cc2ccccc2)c(=O)c2cc(OC)c(OC)cc21. The third-order valence-electron chi connectivity index (χ3n) is 4.84. The van der Waals surface area contributed by atoms with E-state index < -0.39 is 11.2 Å². The number of hydrogen-bond acceptors (Lipinski definition) is 6. The van der Waals surface area contributed by atoms with Crippen molar-refractivity contribution in [3.8, 4) is 11.5 Å². The molecule has 0 bridgehead atoms. The largest absolute Gasteiger partial charge is 0.493 e. The van der Waals surface area contributed by atoms with Crippen molar-refractivity contribution in [2.24, 2.45) is 0 Å². The quantitative estimate of drug-likeness (QED) is 0.511. The molecule has 2 aromatic carbocycles. The summed E-state index contributed by atoms with van der Waals surface area (Å²) >= 11 is 0. The number of nitrogens with one attached hydrogen (secondary N) is 1. The molecule has 31 heavy (non-hydrogen) atoms. The first-order chi connectivity index (χ1) is 15.0. The van der Waals surface area contributed by atoms with Gasteiger partial charge in [0.15, 0.2) is 11.5 Å². The average molecular weight is 427 g/mol. The monoisotopic (exact) mass is 427 g/mol. The van der Waals surface area contributed by atoms with Crippen molar-refractivity contribution in [2.45, 2.75) is 13.1 Å². The second-order valence-electron chi connectivity index (χ2n) is 6.81. The molecule has 0 atom stereocenters. The highest BCUT2D eigenvalue weighted by Crippen LogP contribution is 2.30. The van der Waals surface area contributed by atoms with E-state index in [1.54, 1.807) is 0 Å². The fourth-order valence-corrected chi connectivity index (χ4v) is 3.29. The topological polar surface area (TPSA) is 101 Å². The molecule has 0 aliphatic heterocycles. The number of ether oxygens (including phenoxy) is 3. The normalized spacial score (nSPS) is 10.8. The lowest BCUT2D eigenvalue weighted by Gasteiger charge is -2.16. The van der Waals surface area contributed by atoms with Gasteiger partial charge < -0.3 is 19.5 Å². The molecular formula is C22H25N3O6. The highest BCUT2D eigenvalue weighted by molar-refractivity contribution is 5.84. The van der Waals surface area contributed by atoms with Crippen LogP contribution in [0.3, 0.4) is 0 Å². The van der Waals surface area contributed by atoms with Crippen LogP contribution in [0.25, 0.3) is 10.9 Å². The Bertz CT molecular complexity index is 1180. The highest BCUT2D eigenvalue weighted by atomic mass is 16.5. The van der Waals surface area contributed by atoms with Crippen molar-refractivity contribution in [3.05, 3.63) is 68.9 Å². The molecule has 9 nitrogen and oxygen atoms in total. The fraction of sp³-hybridized carbons (Fsp3) is 0.318. The van der Waals surface area contributed by atoms with E-state index in [1.165, 1.54) is 38.0 Å². The second kappa shape index (κ2) is 9.94. The van der Waals surface area contributed by atoms with E-state index in [0.29, 0.717) is 30.2 Å². The molecule has 0 spiro atoms. The number of nitrogens with zero attached hydrogens (tertiary/aromatic N) is 2. The van der Waals surface area contributed by atoms with Crippen LogP contribution < -0.4 is 26.0 Å². The first-order valence-electron chi connectivity index (χ1n) is 9.69. The van der Waals surface area contributed by atoms with Crippen LogP contribution >= 0.6 is 0 Å². The van der Waals surface area contributed by atoms with Gasteiger partial charge in [0.2, 0.25) is 5.91 Å². The third-order valence-corrected chi connectivity index (χ3v) is 4.84. The van der Waals surface area contributed by atoms with Crippen LogP contribution in [-0.4, -0.2) is 49.5 Å². The van der Waals surface area contributed by atoms with Gasteiger partial charge in [-0.05, 0) is 11.6 Å². The standard InChI is InChI=1S/C22H25N3O6/c1-29-10-9-23-20(26)14-24-17-12-19(31-3)18(30-2)11-16(17)21(27)25(22(24)28)13-15-7-5-4-6-8-15/h4-8,11-12H,9-10,13-14H2,1-3H3,(H,23,26). The predicted molar refractivity (Wildman–Crippen MR) is 116 cm³/mol. The number of hydrogen-bond donors (Lipinski definition) is 1. The average Bonchev–Trinajstić information content (AvgIpc) is 2.79. The van der Waals surface area contributed by atoms with Crippen LogP contribution in [0, 0.1) is 0 Å². The minimum Gasteiger partial charge on any atom is -0.493 e. The summed E-state index contributed by atoms with van der Waals surface area (Å²) in [5.41, 5.74) is 0.0211. The summed E-state index contributed by atoms with van der Waals surface area (Å²) in [6.45, 7) is 0.473. The molecule has 0 radical (unpaired) electrons. The summed E-state index contributed by atoms with van der Waals surface area (Å²) in [6.07, 6.45) is 0. The lowest BCUT2D eigenvalue weighted by molar-refractivity contribution is -0.121. The number of amides is 1. The molecule has 1 amide bonds. The predicted octanol–water partition coefficient (Wildman–Crippen LogP) is 0.991. The van der Waals surface area contributed by atoms with Crippen LogP contribution in [-0.2, 0) is 22.6 Å². The maximum atomic E-state index is 13.3. The second-order valence-corrected chi connectivity index (χ2v) is 6.81. The van der Waals surface area contributed by atoms with E-state index in [1.807, 2.05) is 30.3 Å². The zero-order chi connectivity index (χ0) is 22.4. The summed E-state index contributed by atoms with van der Waals surface area (Å²) in [5, 5.41) is 2.94. The zero-order valence-corrected chi connectivity index (χ0v) is 17.7. The van der Waals surface area contributed by atoms with E-state index in [9.17, 15) is 14.4 Å². The molecule has 0 saturated heterocycles. The number of fused-ring (bicyclic) bond motifs is 1. The molecule has 1 aromatic heterocycles. The molecule has 3 aromatic rings. The maximum Gasteiger partial charge on any atom is 0.332 e. The Kier molecular flexibility index (Phi) is 7.09. The molecule has 9 heteroatoms. The molecule has 0 aliphatic rings. The third kappa shape index (κ3) is 4.77. The molecule has 1 heterocycles. The minimum absolute atomic E-state index is 0.0775. The van der Waals surface area contributed by atoms with Crippen LogP contribution in [0.5, 0.6) is 11.5 Å². The van der Waals surface area contributed by atoms with E-state index >= 15 is 0 Å². The molecule has 0 saturated carbocycles. The van der Waals surface area contributed by atoms with Crippen molar-refractivity contribution in [1.82, 2.24) is 14.5 Å². The van der Waals surface area contributed by atoms with Crippen molar-refractivity contribution in [3.63, 3.8) is 0 Å². The number of carbonyl (C=O) groups excluding carboxylic acids is 1. The lowest BCUT2D eigenvalue weighted by atomic mass is 10.2. The summed E-state index contributed by atoms with van der Waals surface area (Å²) in [7, 11) is 4.45. The fourth-order valence-electron chi connectivity index (χ4n) is 3.29. The summed E-state index contributed by atoms with van der Waals surface area (Å²) in [4.78, 5) is 38.9. The molecule has 0 fully saturated rings. The van der Waals surface area contributed by atoms with Gasteiger partial charge in [0.1, 0.15) is 6.54 Å². The van der Waals surface area contributed by atoms with Crippen molar-refractivity contribution >= 4 is 16.8 Å². The summed E-state index contributed by atoms with van der Waals surface area (Å²) in [6, 6.07) is 12.2. The maximum absolute atomic E-state index is 13.3. The smallest absolute Gasteiger partial charge is 0.332 e. The van der Waals surface area contributed by atoms with E-state index in [2.05, 4.69) is 5.32 Å². The zero-order valence-electron chi connectivity index (χ0n) is 17.7. The number of rotatable bonds is 9.